The van der Waals surface area contributed by atoms with E-state index in [4.69, 9.17) is 4.98 Å². The van der Waals surface area contributed by atoms with Gasteiger partial charge >= 0.3 is 0 Å². The number of hydrogen-bond donors (Lipinski definition) is 1. The van der Waals surface area contributed by atoms with E-state index in [0.29, 0.717) is 39.3 Å². The minimum absolute atomic E-state index is 0.227. The third-order valence-corrected chi connectivity index (χ3v) is 6.99. The monoisotopic (exact) mass is 533 g/mol. The number of nitrogens with one attached hydrogen (secondary N) is 1. The Labute approximate surface area is 227 Å². The normalized spacial score (nSPS) is 12.4. The van der Waals surface area contributed by atoms with E-state index in [1.807, 2.05) is 73.0 Å². The summed E-state index contributed by atoms with van der Waals surface area (Å²) >= 11 is 1.51. The third kappa shape index (κ3) is 4.51. The first kappa shape index (κ1) is 24.4. The van der Waals surface area contributed by atoms with E-state index in [1.165, 1.54) is 11.3 Å². The number of thiazole rings is 1. The highest BCUT2D eigenvalue weighted by molar-refractivity contribution is 7.07. The summed E-state index contributed by atoms with van der Waals surface area (Å²) in [5.41, 5.74) is 5.68. The van der Waals surface area contributed by atoms with E-state index < -0.39 is 6.04 Å². The first-order valence-electron chi connectivity index (χ1n) is 12.3. The van der Waals surface area contributed by atoms with Crippen molar-refractivity contribution in [3.8, 4) is 5.69 Å². The highest BCUT2D eigenvalue weighted by atomic mass is 32.1. The van der Waals surface area contributed by atoms with Crippen LogP contribution < -0.4 is 10.9 Å². The zero-order valence-corrected chi connectivity index (χ0v) is 22.0. The van der Waals surface area contributed by atoms with Crippen molar-refractivity contribution in [1.82, 2.24) is 34.4 Å². The van der Waals surface area contributed by atoms with Gasteiger partial charge in [-0.25, -0.2) is 19.5 Å². The Bertz CT molecular complexity index is 1910. The fraction of sp³-hybridized carbons (Fsp3) is 0.103. The summed E-state index contributed by atoms with van der Waals surface area (Å²) in [4.78, 5) is 41.1. The molecule has 0 bridgehead atoms. The van der Waals surface area contributed by atoms with Gasteiger partial charge in [0.25, 0.3) is 11.5 Å². The molecule has 0 saturated carbocycles. The zero-order chi connectivity index (χ0) is 26.9. The molecule has 4 heterocycles. The second-order valence-electron chi connectivity index (χ2n) is 8.98. The Morgan fingerprint density at radius 3 is 2.69 bits per heavy atom. The number of amides is 1. The standard InChI is InChI=1S/C29H23N7O2S/c1-18-24(27-30-14-7-15-35(27)34-18)28(37)32-19(2)26-33-23-11-6-8-20(12-13-21-16-39-17-31-21)25(23)29(38)36(26)22-9-4-3-5-10-22/h3-17,19H,1-2H3,(H,32,37)/b13-12+/t19-/m1/s1. The van der Waals surface area contributed by atoms with Crippen LogP contribution in [0.4, 0.5) is 0 Å². The predicted octanol–water partition coefficient (Wildman–Crippen LogP) is 4.85. The number of aromatic nitrogens is 6. The molecule has 6 rings (SSSR count). The molecule has 0 radical (unpaired) electrons. The molecule has 4 aromatic heterocycles. The number of carbonyl (C=O) groups is 1. The van der Waals surface area contributed by atoms with Crippen LogP contribution in [0.5, 0.6) is 0 Å². The Morgan fingerprint density at radius 2 is 1.90 bits per heavy atom. The fourth-order valence-electron chi connectivity index (χ4n) is 4.60. The van der Waals surface area contributed by atoms with Gasteiger partial charge in [0.05, 0.1) is 39.5 Å². The zero-order valence-electron chi connectivity index (χ0n) is 21.1. The minimum Gasteiger partial charge on any atom is -0.342 e. The molecule has 0 aliphatic carbocycles. The number of para-hydroxylation sites is 1. The number of rotatable bonds is 6. The average Bonchev–Trinajstić information content (AvgIpc) is 3.59. The lowest BCUT2D eigenvalue weighted by atomic mass is 10.1. The molecule has 1 atom stereocenters. The van der Waals surface area contributed by atoms with Crippen molar-refractivity contribution in [1.29, 1.82) is 0 Å². The molecule has 39 heavy (non-hydrogen) atoms. The number of aryl methyl sites for hydroxylation is 1. The van der Waals surface area contributed by atoms with Crippen molar-refractivity contribution < 1.29 is 4.79 Å². The Hall–Kier alpha value is -4.96. The molecule has 0 fully saturated rings. The molecular weight excluding hydrogens is 510 g/mol. The summed E-state index contributed by atoms with van der Waals surface area (Å²) in [6, 6.07) is 16.0. The quantitative estimate of drug-likeness (QED) is 0.328. The Kier molecular flexibility index (Phi) is 6.29. The van der Waals surface area contributed by atoms with Crippen molar-refractivity contribution in [2.45, 2.75) is 19.9 Å². The van der Waals surface area contributed by atoms with Crippen LogP contribution in [0.2, 0.25) is 0 Å². The van der Waals surface area contributed by atoms with Crippen LogP contribution >= 0.6 is 11.3 Å². The van der Waals surface area contributed by atoms with Crippen molar-refractivity contribution in [2.75, 3.05) is 0 Å². The van der Waals surface area contributed by atoms with E-state index in [1.54, 1.807) is 40.0 Å². The fourth-order valence-corrected chi connectivity index (χ4v) is 5.13. The highest BCUT2D eigenvalue weighted by Gasteiger charge is 2.24. The highest BCUT2D eigenvalue weighted by Crippen LogP contribution is 2.23. The van der Waals surface area contributed by atoms with Gasteiger partial charge in [-0.1, -0.05) is 36.4 Å². The van der Waals surface area contributed by atoms with Gasteiger partial charge in [-0.05, 0) is 49.8 Å². The number of hydrogen-bond acceptors (Lipinski definition) is 7. The van der Waals surface area contributed by atoms with Crippen molar-refractivity contribution in [3.63, 3.8) is 0 Å². The van der Waals surface area contributed by atoms with Crippen molar-refractivity contribution in [2.24, 2.45) is 0 Å². The van der Waals surface area contributed by atoms with E-state index in [2.05, 4.69) is 20.4 Å². The second-order valence-corrected chi connectivity index (χ2v) is 9.70. The molecule has 0 saturated heterocycles. The lowest BCUT2D eigenvalue weighted by Crippen LogP contribution is -2.33. The molecule has 9 nitrogen and oxygen atoms in total. The molecule has 0 aliphatic rings. The van der Waals surface area contributed by atoms with Crippen molar-refractivity contribution >= 4 is 45.9 Å². The Morgan fingerprint density at radius 1 is 1.05 bits per heavy atom. The van der Waals surface area contributed by atoms with Gasteiger partial charge in [-0.15, -0.1) is 11.3 Å². The van der Waals surface area contributed by atoms with Crippen LogP contribution in [0.3, 0.4) is 0 Å². The summed E-state index contributed by atoms with van der Waals surface area (Å²) in [6.07, 6.45) is 7.12. The molecule has 192 valence electrons. The lowest BCUT2D eigenvalue weighted by molar-refractivity contribution is 0.0938. The number of nitrogens with zero attached hydrogens (tertiary/aromatic N) is 6. The van der Waals surface area contributed by atoms with Gasteiger partial charge < -0.3 is 5.32 Å². The van der Waals surface area contributed by atoms with Crippen LogP contribution in [-0.4, -0.2) is 35.0 Å². The van der Waals surface area contributed by atoms with Crippen molar-refractivity contribution in [3.05, 3.63) is 117 Å². The minimum atomic E-state index is -0.609. The topological polar surface area (TPSA) is 107 Å². The summed E-state index contributed by atoms with van der Waals surface area (Å²) in [6.45, 7) is 3.58. The summed E-state index contributed by atoms with van der Waals surface area (Å²) in [5, 5.41) is 9.83. The van der Waals surface area contributed by atoms with Crippen LogP contribution in [-0.2, 0) is 0 Å². The number of benzene rings is 2. The maximum atomic E-state index is 14.1. The van der Waals surface area contributed by atoms with Gasteiger partial charge in [-0.3, -0.25) is 14.2 Å². The number of fused-ring (bicyclic) bond motifs is 2. The molecule has 6 aromatic rings. The largest absolute Gasteiger partial charge is 0.342 e. The molecule has 1 N–H and O–H groups in total. The SMILES string of the molecule is Cc1nn2cccnc2c1C(=O)N[C@H](C)c1nc2cccc(/C=C/c3cscn3)c2c(=O)n1-c1ccccc1. The van der Waals surface area contributed by atoms with Gasteiger partial charge in [0, 0.05) is 17.8 Å². The number of carbonyl (C=O) groups excluding carboxylic acids is 1. The molecule has 0 spiro atoms. The van der Waals surface area contributed by atoms with Gasteiger partial charge in [-0.2, -0.15) is 5.10 Å². The van der Waals surface area contributed by atoms with E-state index in [-0.39, 0.29) is 11.5 Å². The van der Waals surface area contributed by atoms with Crippen LogP contribution in [0, 0.1) is 6.92 Å². The van der Waals surface area contributed by atoms with Gasteiger partial charge in [0.15, 0.2) is 5.65 Å². The first-order chi connectivity index (χ1) is 19.0. The van der Waals surface area contributed by atoms with E-state index in [9.17, 15) is 9.59 Å². The first-order valence-corrected chi connectivity index (χ1v) is 13.2. The smallest absolute Gasteiger partial charge is 0.266 e. The van der Waals surface area contributed by atoms with Crippen LogP contribution in [0.25, 0.3) is 34.4 Å². The second kappa shape index (κ2) is 10.1. The predicted molar refractivity (Wildman–Crippen MR) is 152 cm³/mol. The molecule has 10 heteroatoms. The molecule has 2 aromatic carbocycles. The maximum Gasteiger partial charge on any atom is 0.266 e. The Balaban J connectivity index is 1.47. The van der Waals surface area contributed by atoms with Gasteiger partial charge in [0.1, 0.15) is 11.4 Å². The van der Waals surface area contributed by atoms with E-state index >= 15 is 0 Å². The third-order valence-electron chi connectivity index (χ3n) is 6.39. The van der Waals surface area contributed by atoms with Crippen LogP contribution in [0.1, 0.15) is 46.1 Å². The summed E-state index contributed by atoms with van der Waals surface area (Å²) < 4.78 is 3.14. The molecular formula is C29H23N7O2S. The molecule has 0 aliphatic heterocycles. The molecule has 0 unspecified atom stereocenters. The average molecular weight is 534 g/mol. The maximum absolute atomic E-state index is 14.1. The molecule has 1 amide bonds. The van der Waals surface area contributed by atoms with Crippen LogP contribution in [0.15, 0.2) is 82.7 Å². The van der Waals surface area contributed by atoms with E-state index in [0.717, 1.165) is 11.3 Å². The summed E-state index contributed by atoms with van der Waals surface area (Å²) in [5.74, 6) is 0.0670. The lowest BCUT2D eigenvalue weighted by Gasteiger charge is -2.20. The van der Waals surface area contributed by atoms with Gasteiger partial charge in [0.2, 0.25) is 0 Å². The summed E-state index contributed by atoms with van der Waals surface area (Å²) in [7, 11) is 0.